The van der Waals surface area contributed by atoms with Crippen LogP contribution >= 0.6 is 34.5 Å². The fourth-order valence-corrected chi connectivity index (χ4v) is 3.60. The third-order valence-corrected chi connectivity index (χ3v) is 5.55. The smallest absolute Gasteiger partial charge is 0.374 e. The summed E-state index contributed by atoms with van der Waals surface area (Å²) < 4.78 is 10.5. The van der Waals surface area contributed by atoms with Crippen molar-refractivity contribution in [1.29, 1.82) is 5.26 Å². The molecule has 3 rings (SSSR count). The van der Waals surface area contributed by atoms with E-state index in [0.29, 0.717) is 32.1 Å². The molecule has 3 aromatic rings. The third-order valence-electron chi connectivity index (χ3n) is 3.70. The second kappa shape index (κ2) is 8.57. The summed E-state index contributed by atoms with van der Waals surface area (Å²) >= 11 is 13.3. The summed E-state index contributed by atoms with van der Waals surface area (Å²) in [5, 5.41) is 12.0. The minimum absolute atomic E-state index is 0.0996. The maximum absolute atomic E-state index is 12.2. The zero-order valence-electron chi connectivity index (χ0n) is 14.4. The van der Waals surface area contributed by atoms with Crippen molar-refractivity contribution in [3.8, 4) is 17.4 Å². The number of aryl methyl sites for hydroxylation is 1. The summed E-state index contributed by atoms with van der Waals surface area (Å²) in [4.78, 5) is 28.5. The molecule has 0 amide bonds. The van der Waals surface area contributed by atoms with E-state index in [1.807, 2.05) is 6.07 Å². The molecule has 0 unspecified atom stereocenters. The Morgan fingerprint density at radius 3 is 2.79 bits per heavy atom. The van der Waals surface area contributed by atoms with Gasteiger partial charge in [0.1, 0.15) is 10.8 Å². The third kappa shape index (κ3) is 4.25. The molecule has 2 aromatic heterocycles. The predicted octanol–water partition coefficient (Wildman–Crippen LogP) is 5.05. The molecule has 0 bridgehead atoms. The Hall–Kier alpha value is -2.66. The number of ketones is 1. The maximum Gasteiger partial charge on any atom is 0.374 e. The van der Waals surface area contributed by atoms with Gasteiger partial charge in [0.25, 0.3) is 0 Å². The van der Waals surface area contributed by atoms with E-state index in [1.165, 1.54) is 17.4 Å². The highest BCUT2D eigenvalue weighted by Gasteiger charge is 2.25. The van der Waals surface area contributed by atoms with E-state index < -0.39 is 24.3 Å². The molecule has 0 N–H and O–H groups in total. The number of nitriles is 1. The van der Waals surface area contributed by atoms with Gasteiger partial charge < -0.3 is 9.15 Å². The van der Waals surface area contributed by atoms with Crippen molar-refractivity contribution in [2.45, 2.75) is 12.8 Å². The monoisotopic (exact) mass is 434 g/mol. The Labute approximate surface area is 174 Å². The second-order valence-electron chi connectivity index (χ2n) is 5.70. The van der Waals surface area contributed by atoms with E-state index in [4.69, 9.17) is 32.4 Å². The number of nitrogens with zero attached hydrogens (tertiary/aromatic N) is 2. The molecular weight excluding hydrogens is 423 g/mol. The fraction of sp³-hybridized carbons (Fsp3) is 0.158. The van der Waals surface area contributed by atoms with Crippen molar-refractivity contribution in [3.05, 3.63) is 62.2 Å². The van der Waals surface area contributed by atoms with Crippen molar-refractivity contribution >= 4 is 46.3 Å². The molecule has 142 valence electrons. The average Bonchev–Trinajstić information content (AvgIpc) is 3.32. The number of ether oxygens (including phenoxy) is 1. The van der Waals surface area contributed by atoms with Gasteiger partial charge in [-0.3, -0.25) is 4.79 Å². The van der Waals surface area contributed by atoms with Gasteiger partial charge in [0.2, 0.25) is 5.76 Å². The van der Waals surface area contributed by atoms with E-state index in [9.17, 15) is 14.9 Å². The highest BCUT2D eigenvalue weighted by Crippen LogP contribution is 2.34. The summed E-state index contributed by atoms with van der Waals surface area (Å²) in [6.07, 6.45) is 0. The number of Topliss-reactive ketones (excluding diaryl/α,β-unsaturated/α-hetero) is 1. The number of halogens is 2. The van der Waals surface area contributed by atoms with Gasteiger partial charge in [-0.1, -0.05) is 29.3 Å². The molecule has 0 saturated carbocycles. The van der Waals surface area contributed by atoms with Crippen LogP contribution in [0.3, 0.4) is 0 Å². The number of benzene rings is 1. The first-order valence-corrected chi connectivity index (χ1v) is 9.60. The lowest BCUT2D eigenvalue weighted by Gasteiger charge is -2.06. The molecule has 0 aliphatic heterocycles. The zero-order chi connectivity index (χ0) is 20.3. The van der Waals surface area contributed by atoms with Crippen molar-refractivity contribution < 1.29 is 18.7 Å². The van der Waals surface area contributed by atoms with Crippen LogP contribution in [0, 0.1) is 18.3 Å². The van der Waals surface area contributed by atoms with Crippen LogP contribution in [0.1, 0.15) is 27.2 Å². The van der Waals surface area contributed by atoms with E-state index in [-0.39, 0.29) is 5.76 Å². The molecule has 0 spiro atoms. The standard InChI is InChI=1S/C19H12Cl2N2O4S/c1-10-9-28-18(23-10)12(7-22)14(24)8-26-19(25)16-6-5-15(27-16)11-3-2-4-13(20)17(11)21/h2-6,9,12H,8H2,1H3/t12-/m0/s1. The van der Waals surface area contributed by atoms with Gasteiger partial charge in [0.05, 0.1) is 16.1 Å². The van der Waals surface area contributed by atoms with Gasteiger partial charge in [-0.2, -0.15) is 5.26 Å². The van der Waals surface area contributed by atoms with E-state index in [0.717, 1.165) is 0 Å². The molecule has 9 heteroatoms. The van der Waals surface area contributed by atoms with Gasteiger partial charge in [-0.25, -0.2) is 9.78 Å². The van der Waals surface area contributed by atoms with Crippen molar-refractivity contribution in [2.75, 3.05) is 6.61 Å². The normalized spacial score (nSPS) is 11.6. The summed E-state index contributed by atoms with van der Waals surface area (Å²) in [6.45, 7) is 1.20. The largest absolute Gasteiger partial charge is 0.452 e. The summed E-state index contributed by atoms with van der Waals surface area (Å²) in [5.41, 5.74) is 1.24. The minimum Gasteiger partial charge on any atom is -0.452 e. The lowest BCUT2D eigenvalue weighted by Crippen LogP contribution is -2.19. The first-order valence-electron chi connectivity index (χ1n) is 7.96. The van der Waals surface area contributed by atoms with E-state index in [1.54, 1.807) is 36.6 Å². The number of carbonyl (C=O) groups excluding carboxylic acids is 2. The molecule has 0 saturated heterocycles. The Morgan fingerprint density at radius 1 is 1.32 bits per heavy atom. The first kappa shape index (κ1) is 20.1. The van der Waals surface area contributed by atoms with Crippen LogP contribution < -0.4 is 0 Å². The first-order chi connectivity index (χ1) is 13.4. The van der Waals surface area contributed by atoms with Gasteiger partial charge in [0, 0.05) is 16.6 Å². The van der Waals surface area contributed by atoms with Crippen molar-refractivity contribution in [2.24, 2.45) is 0 Å². The van der Waals surface area contributed by atoms with Gasteiger partial charge in [0.15, 0.2) is 18.3 Å². The minimum atomic E-state index is -1.08. The molecule has 28 heavy (non-hydrogen) atoms. The number of esters is 1. The lowest BCUT2D eigenvalue weighted by molar-refractivity contribution is -0.122. The van der Waals surface area contributed by atoms with Crippen LogP contribution in [0.15, 0.2) is 40.1 Å². The molecule has 6 nitrogen and oxygen atoms in total. The Balaban J connectivity index is 1.67. The molecular formula is C19H12Cl2N2O4S. The number of aromatic nitrogens is 1. The predicted molar refractivity (Wildman–Crippen MR) is 105 cm³/mol. The van der Waals surface area contributed by atoms with Crippen molar-refractivity contribution in [1.82, 2.24) is 4.98 Å². The quantitative estimate of drug-likeness (QED) is 0.503. The van der Waals surface area contributed by atoms with E-state index in [2.05, 4.69) is 4.98 Å². The Morgan fingerprint density at radius 2 is 2.11 bits per heavy atom. The molecule has 0 fully saturated rings. The highest BCUT2D eigenvalue weighted by atomic mass is 35.5. The second-order valence-corrected chi connectivity index (χ2v) is 7.37. The topological polar surface area (TPSA) is 93.2 Å². The summed E-state index contributed by atoms with van der Waals surface area (Å²) in [5.74, 6) is -2.24. The number of hydrogen-bond acceptors (Lipinski definition) is 7. The number of hydrogen-bond donors (Lipinski definition) is 0. The maximum atomic E-state index is 12.2. The number of thiazole rings is 1. The van der Waals surface area contributed by atoms with Crippen molar-refractivity contribution in [3.63, 3.8) is 0 Å². The van der Waals surface area contributed by atoms with Crippen LogP contribution in [-0.2, 0) is 9.53 Å². The van der Waals surface area contributed by atoms with Crippen LogP contribution in [0.25, 0.3) is 11.3 Å². The van der Waals surface area contributed by atoms with Gasteiger partial charge in [-0.15, -0.1) is 11.3 Å². The molecule has 0 aliphatic rings. The highest BCUT2D eigenvalue weighted by molar-refractivity contribution is 7.09. The average molecular weight is 435 g/mol. The Kier molecular flexibility index (Phi) is 6.15. The summed E-state index contributed by atoms with van der Waals surface area (Å²) in [6, 6.07) is 9.87. The van der Waals surface area contributed by atoms with Crippen LogP contribution in [0.2, 0.25) is 10.0 Å². The van der Waals surface area contributed by atoms with Gasteiger partial charge in [-0.05, 0) is 31.2 Å². The lowest BCUT2D eigenvalue weighted by atomic mass is 10.1. The molecule has 0 radical (unpaired) electrons. The zero-order valence-corrected chi connectivity index (χ0v) is 16.8. The molecule has 1 aromatic carbocycles. The number of carbonyl (C=O) groups is 2. The van der Waals surface area contributed by atoms with Crippen LogP contribution in [0.5, 0.6) is 0 Å². The summed E-state index contributed by atoms with van der Waals surface area (Å²) in [7, 11) is 0. The van der Waals surface area contributed by atoms with Crippen LogP contribution in [-0.4, -0.2) is 23.3 Å². The molecule has 2 heterocycles. The molecule has 1 atom stereocenters. The Bertz CT molecular complexity index is 1080. The number of rotatable bonds is 6. The molecule has 0 aliphatic carbocycles. The van der Waals surface area contributed by atoms with Gasteiger partial charge >= 0.3 is 5.97 Å². The SMILES string of the molecule is Cc1csc([C@@H](C#N)C(=O)COC(=O)c2ccc(-c3cccc(Cl)c3Cl)o2)n1. The van der Waals surface area contributed by atoms with E-state index >= 15 is 0 Å². The van der Waals surface area contributed by atoms with Crippen LogP contribution in [0.4, 0.5) is 0 Å². The number of furan rings is 1. The fourth-order valence-electron chi connectivity index (χ4n) is 2.35.